The van der Waals surface area contributed by atoms with Gasteiger partial charge in [-0.1, -0.05) is 11.6 Å². The van der Waals surface area contributed by atoms with Crippen LogP contribution in [0, 0.1) is 0 Å². The fraction of sp³-hybridized carbons (Fsp3) is 0.700. The lowest BCUT2D eigenvalue weighted by molar-refractivity contribution is 0.0370. The van der Waals surface area contributed by atoms with Gasteiger partial charge in [0, 0.05) is 7.11 Å². The number of rotatable bonds is 8. The Kier molecular flexibility index (Phi) is 6.16. The Morgan fingerprint density at radius 1 is 1.42 bits per heavy atom. The number of halogens is 1. The maximum absolute atomic E-state index is 9.42. The highest BCUT2D eigenvalue weighted by molar-refractivity contribution is 6.31. The lowest BCUT2D eigenvalue weighted by Crippen LogP contribution is -2.44. The summed E-state index contributed by atoms with van der Waals surface area (Å²) < 4.78 is 10.2. The molecule has 1 rings (SSSR count). The standard InChI is InChI=1S/C10H18ClN5O3/c1-10(5-17,6-19-4-3-18-2)14-9-13-8(12)7(11)15-16-9/h17H,3-6H2,1-2H3,(H3,12,13,14,16). The topological polar surface area (TPSA) is 115 Å². The van der Waals surface area contributed by atoms with Gasteiger partial charge in [-0.2, -0.15) is 4.98 Å². The summed E-state index contributed by atoms with van der Waals surface area (Å²) in [6, 6.07) is 0. The van der Waals surface area contributed by atoms with E-state index in [4.69, 9.17) is 26.8 Å². The van der Waals surface area contributed by atoms with Gasteiger partial charge in [-0.25, -0.2) is 0 Å². The first kappa shape index (κ1) is 15.8. The number of ether oxygens (including phenoxy) is 2. The van der Waals surface area contributed by atoms with Crippen molar-refractivity contribution in [1.29, 1.82) is 0 Å². The zero-order valence-corrected chi connectivity index (χ0v) is 11.6. The molecule has 9 heteroatoms. The van der Waals surface area contributed by atoms with Crippen LogP contribution in [0.25, 0.3) is 0 Å². The first-order valence-corrected chi connectivity index (χ1v) is 6.00. The fourth-order valence-electron chi connectivity index (χ4n) is 1.21. The van der Waals surface area contributed by atoms with Crippen LogP contribution in [-0.2, 0) is 9.47 Å². The van der Waals surface area contributed by atoms with Crippen molar-refractivity contribution in [3.05, 3.63) is 5.15 Å². The first-order chi connectivity index (χ1) is 9.00. The molecule has 0 aliphatic carbocycles. The average molecular weight is 292 g/mol. The number of aliphatic hydroxyl groups is 1. The van der Waals surface area contributed by atoms with Gasteiger partial charge >= 0.3 is 0 Å². The highest BCUT2D eigenvalue weighted by atomic mass is 35.5. The van der Waals surface area contributed by atoms with E-state index in [-0.39, 0.29) is 30.1 Å². The van der Waals surface area contributed by atoms with Gasteiger partial charge in [-0.3, -0.25) is 0 Å². The van der Waals surface area contributed by atoms with Crippen molar-refractivity contribution in [2.45, 2.75) is 12.5 Å². The van der Waals surface area contributed by atoms with Crippen LogP contribution in [0.5, 0.6) is 0 Å². The molecule has 4 N–H and O–H groups in total. The SMILES string of the molecule is COCCOCC(C)(CO)Nc1nnc(Cl)c(N)n1. The number of hydrogen-bond donors (Lipinski definition) is 3. The Morgan fingerprint density at radius 2 is 2.16 bits per heavy atom. The van der Waals surface area contributed by atoms with E-state index in [1.54, 1.807) is 14.0 Å². The third kappa shape index (κ3) is 5.11. The third-order valence-corrected chi connectivity index (χ3v) is 2.55. The van der Waals surface area contributed by atoms with E-state index in [9.17, 15) is 5.11 Å². The fourth-order valence-corrected chi connectivity index (χ4v) is 1.29. The Labute approximate surface area is 116 Å². The van der Waals surface area contributed by atoms with E-state index in [2.05, 4.69) is 20.5 Å². The van der Waals surface area contributed by atoms with Gasteiger partial charge in [0.2, 0.25) is 5.95 Å². The van der Waals surface area contributed by atoms with Crippen LogP contribution in [-0.4, -0.2) is 59.4 Å². The number of hydrogen-bond acceptors (Lipinski definition) is 8. The van der Waals surface area contributed by atoms with E-state index < -0.39 is 5.54 Å². The van der Waals surface area contributed by atoms with Gasteiger partial charge < -0.3 is 25.6 Å². The second-order valence-electron chi connectivity index (χ2n) is 4.20. The second-order valence-corrected chi connectivity index (χ2v) is 4.56. The van der Waals surface area contributed by atoms with Crippen molar-refractivity contribution >= 4 is 23.4 Å². The zero-order valence-electron chi connectivity index (χ0n) is 10.9. The van der Waals surface area contributed by atoms with E-state index in [0.717, 1.165) is 0 Å². The summed E-state index contributed by atoms with van der Waals surface area (Å²) in [7, 11) is 1.59. The summed E-state index contributed by atoms with van der Waals surface area (Å²) in [5.41, 5.74) is 4.77. The quantitative estimate of drug-likeness (QED) is 0.570. The summed E-state index contributed by atoms with van der Waals surface area (Å²) in [4.78, 5) is 3.92. The highest BCUT2D eigenvalue weighted by Crippen LogP contribution is 2.16. The second kappa shape index (κ2) is 7.39. The van der Waals surface area contributed by atoms with Gasteiger partial charge in [-0.05, 0) is 6.92 Å². The molecule has 0 saturated carbocycles. The lowest BCUT2D eigenvalue weighted by atomic mass is 10.1. The summed E-state index contributed by atoms with van der Waals surface area (Å²) in [6.07, 6.45) is 0. The number of nitrogens with one attached hydrogen (secondary N) is 1. The van der Waals surface area contributed by atoms with Gasteiger partial charge in [0.05, 0.1) is 32.0 Å². The molecule has 8 nitrogen and oxygen atoms in total. The van der Waals surface area contributed by atoms with Crippen LogP contribution in [0.1, 0.15) is 6.92 Å². The van der Waals surface area contributed by atoms with Crippen LogP contribution in [0.2, 0.25) is 5.15 Å². The monoisotopic (exact) mass is 291 g/mol. The Morgan fingerprint density at radius 3 is 2.74 bits per heavy atom. The Hall–Kier alpha value is -1.22. The molecule has 1 atom stereocenters. The average Bonchev–Trinajstić information content (AvgIpc) is 2.39. The van der Waals surface area contributed by atoms with Crippen molar-refractivity contribution in [3.63, 3.8) is 0 Å². The van der Waals surface area contributed by atoms with E-state index >= 15 is 0 Å². The first-order valence-electron chi connectivity index (χ1n) is 5.62. The molecule has 0 aliphatic heterocycles. The maximum atomic E-state index is 9.42. The molecule has 0 saturated heterocycles. The van der Waals surface area contributed by atoms with Crippen LogP contribution in [0.4, 0.5) is 11.8 Å². The number of nitrogens with two attached hydrogens (primary N) is 1. The minimum atomic E-state index is -0.754. The maximum Gasteiger partial charge on any atom is 0.245 e. The molecule has 0 bridgehead atoms. The number of anilines is 2. The summed E-state index contributed by atoms with van der Waals surface area (Å²) >= 11 is 5.63. The van der Waals surface area contributed by atoms with E-state index in [0.29, 0.717) is 13.2 Å². The molecule has 0 radical (unpaired) electrons. The summed E-state index contributed by atoms with van der Waals surface area (Å²) in [6.45, 7) is 2.74. The van der Waals surface area contributed by atoms with Crippen LogP contribution in [0.15, 0.2) is 0 Å². The molecular weight excluding hydrogens is 274 g/mol. The highest BCUT2D eigenvalue weighted by Gasteiger charge is 2.25. The molecule has 0 spiro atoms. The molecule has 19 heavy (non-hydrogen) atoms. The lowest BCUT2D eigenvalue weighted by Gasteiger charge is -2.28. The minimum absolute atomic E-state index is 0.0348. The Balaban J connectivity index is 2.60. The van der Waals surface area contributed by atoms with Crippen LogP contribution < -0.4 is 11.1 Å². The largest absolute Gasteiger partial charge is 0.394 e. The number of aromatic nitrogens is 3. The normalized spacial score (nSPS) is 14.1. The molecule has 1 aromatic rings. The molecular formula is C10H18ClN5O3. The predicted molar refractivity (Wildman–Crippen MR) is 71.1 cm³/mol. The van der Waals surface area contributed by atoms with Gasteiger partial charge in [0.1, 0.15) is 0 Å². The van der Waals surface area contributed by atoms with Crippen molar-refractivity contribution in [3.8, 4) is 0 Å². The minimum Gasteiger partial charge on any atom is -0.394 e. The number of nitrogen functional groups attached to an aromatic ring is 1. The molecule has 0 aromatic carbocycles. The summed E-state index contributed by atoms with van der Waals surface area (Å²) in [5.74, 6) is 0.244. The molecule has 1 aromatic heterocycles. The molecule has 108 valence electrons. The summed E-state index contributed by atoms with van der Waals surface area (Å²) in [5, 5.41) is 19.7. The number of methoxy groups -OCH3 is 1. The zero-order chi connectivity index (χ0) is 14.3. The van der Waals surface area contributed by atoms with Gasteiger partial charge in [-0.15, -0.1) is 10.2 Å². The smallest absolute Gasteiger partial charge is 0.245 e. The predicted octanol–water partition coefficient (Wildman–Crippen LogP) is -0.0669. The van der Waals surface area contributed by atoms with Gasteiger partial charge in [0.15, 0.2) is 11.0 Å². The van der Waals surface area contributed by atoms with Crippen LogP contribution in [0.3, 0.4) is 0 Å². The van der Waals surface area contributed by atoms with Crippen molar-refractivity contribution in [2.24, 2.45) is 0 Å². The van der Waals surface area contributed by atoms with Crippen LogP contribution >= 0.6 is 11.6 Å². The number of aliphatic hydroxyl groups excluding tert-OH is 1. The van der Waals surface area contributed by atoms with Crippen molar-refractivity contribution < 1.29 is 14.6 Å². The number of nitrogens with zero attached hydrogens (tertiary/aromatic N) is 3. The van der Waals surface area contributed by atoms with Crippen molar-refractivity contribution in [2.75, 3.05) is 44.6 Å². The van der Waals surface area contributed by atoms with E-state index in [1.165, 1.54) is 0 Å². The Bertz CT molecular complexity index is 409. The van der Waals surface area contributed by atoms with Crippen molar-refractivity contribution in [1.82, 2.24) is 15.2 Å². The third-order valence-electron chi connectivity index (χ3n) is 2.29. The molecule has 0 fully saturated rings. The molecule has 1 heterocycles. The molecule has 0 amide bonds. The van der Waals surface area contributed by atoms with E-state index in [1.807, 2.05) is 0 Å². The molecule has 0 aliphatic rings. The van der Waals surface area contributed by atoms with Gasteiger partial charge in [0.25, 0.3) is 0 Å². The molecule has 1 unspecified atom stereocenters.